The standard InChI is InChI=1S/C16H26N2O4/c1-11(14(20)12-5-7-13(19)8-6-12)18-15(21)17-9-16(2,3)10-22-4/h5-8,11,14,19-20H,9-10H2,1-4H3,(H2,17,18,21)/t11-,14-/m1/s1. The first-order chi connectivity index (χ1) is 10.2. The Labute approximate surface area is 131 Å². The van der Waals surface area contributed by atoms with Crippen molar-refractivity contribution >= 4 is 6.03 Å². The van der Waals surface area contributed by atoms with Gasteiger partial charge in [0.25, 0.3) is 0 Å². The second-order valence-electron chi connectivity index (χ2n) is 6.25. The number of phenolic OH excluding ortho intramolecular Hbond substituents is 1. The Morgan fingerprint density at radius 3 is 2.45 bits per heavy atom. The quantitative estimate of drug-likeness (QED) is 0.618. The van der Waals surface area contributed by atoms with Gasteiger partial charge >= 0.3 is 6.03 Å². The van der Waals surface area contributed by atoms with E-state index in [1.54, 1.807) is 26.2 Å². The number of carbonyl (C=O) groups excluding carboxylic acids is 1. The molecule has 0 aliphatic rings. The van der Waals surface area contributed by atoms with Crippen molar-refractivity contribution in [1.82, 2.24) is 10.6 Å². The van der Waals surface area contributed by atoms with Crippen LogP contribution in [0, 0.1) is 5.41 Å². The second kappa shape index (κ2) is 8.00. The normalized spacial score (nSPS) is 14.2. The lowest BCUT2D eigenvalue weighted by Gasteiger charge is -2.25. The van der Waals surface area contributed by atoms with Gasteiger partial charge in [-0.25, -0.2) is 4.79 Å². The van der Waals surface area contributed by atoms with E-state index in [0.29, 0.717) is 18.7 Å². The summed E-state index contributed by atoms with van der Waals surface area (Å²) in [5.41, 5.74) is 0.468. The summed E-state index contributed by atoms with van der Waals surface area (Å²) >= 11 is 0. The number of rotatable bonds is 7. The number of urea groups is 1. The predicted octanol–water partition coefficient (Wildman–Crippen LogP) is 1.79. The van der Waals surface area contributed by atoms with Crippen LogP contribution < -0.4 is 10.6 Å². The van der Waals surface area contributed by atoms with Crippen molar-refractivity contribution in [2.24, 2.45) is 5.41 Å². The highest BCUT2D eigenvalue weighted by Gasteiger charge is 2.21. The van der Waals surface area contributed by atoms with Gasteiger partial charge in [0.15, 0.2) is 0 Å². The number of benzene rings is 1. The van der Waals surface area contributed by atoms with E-state index in [9.17, 15) is 15.0 Å². The van der Waals surface area contributed by atoms with Gasteiger partial charge in [0.2, 0.25) is 0 Å². The van der Waals surface area contributed by atoms with Crippen LogP contribution in [0.3, 0.4) is 0 Å². The number of hydrogen-bond donors (Lipinski definition) is 4. The molecule has 6 nitrogen and oxygen atoms in total. The maximum Gasteiger partial charge on any atom is 0.315 e. The number of phenols is 1. The minimum atomic E-state index is -0.849. The maximum atomic E-state index is 11.9. The van der Waals surface area contributed by atoms with Gasteiger partial charge in [-0.05, 0) is 24.6 Å². The molecule has 0 aliphatic carbocycles. The zero-order valence-corrected chi connectivity index (χ0v) is 13.6. The molecule has 124 valence electrons. The third-order valence-electron chi connectivity index (χ3n) is 3.33. The number of carbonyl (C=O) groups is 1. The molecule has 0 bridgehead atoms. The number of aliphatic hydroxyl groups is 1. The van der Waals surface area contributed by atoms with E-state index in [1.807, 2.05) is 13.8 Å². The fraction of sp³-hybridized carbons (Fsp3) is 0.562. The molecule has 1 rings (SSSR count). The van der Waals surface area contributed by atoms with Crippen LogP contribution in [0.5, 0.6) is 5.75 Å². The summed E-state index contributed by atoms with van der Waals surface area (Å²) < 4.78 is 5.09. The third kappa shape index (κ3) is 5.91. The van der Waals surface area contributed by atoms with E-state index in [4.69, 9.17) is 4.74 Å². The maximum absolute atomic E-state index is 11.9. The second-order valence-corrected chi connectivity index (χ2v) is 6.25. The van der Waals surface area contributed by atoms with E-state index < -0.39 is 12.1 Å². The van der Waals surface area contributed by atoms with E-state index >= 15 is 0 Å². The molecular weight excluding hydrogens is 284 g/mol. The number of amides is 2. The van der Waals surface area contributed by atoms with Crippen molar-refractivity contribution in [3.05, 3.63) is 29.8 Å². The van der Waals surface area contributed by atoms with Gasteiger partial charge in [0.1, 0.15) is 5.75 Å². The van der Waals surface area contributed by atoms with Crippen LogP contribution in [0.25, 0.3) is 0 Å². The predicted molar refractivity (Wildman–Crippen MR) is 84.7 cm³/mol. The molecule has 0 spiro atoms. The van der Waals surface area contributed by atoms with Gasteiger partial charge in [-0.1, -0.05) is 26.0 Å². The molecule has 1 aromatic carbocycles. The highest BCUT2D eigenvalue weighted by molar-refractivity contribution is 5.74. The lowest BCUT2D eigenvalue weighted by atomic mass is 9.95. The van der Waals surface area contributed by atoms with Crippen LogP contribution in [-0.4, -0.2) is 42.5 Å². The number of nitrogens with one attached hydrogen (secondary N) is 2. The Balaban J connectivity index is 2.48. The molecular formula is C16H26N2O4. The zero-order valence-electron chi connectivity index (χ0n) is 13.6. The number of ether oxygens (including phenoxy) is 1. The van der Waals surface area contributed by atoms with Crippen molar-refractivity contribution in [2.75, 3.05) is 20.3 Å². The van der Waals surface area contributed by atoms with Crippen LogP contribution in [0.2, 0.25) is 0 Å². The molecule has 1 aromatic rings. The average molecular weight is 310 g/mol. The van der Waals surface area contributed by atoms with Gasteiger partial charge in [0, 0.05) is 19.1 Å². The lowest BCUT2D eigenvalue weighted by Crippen LogP contribution is -2.46. The fourth-order valence-corrected chi connectivity index (χ4v) is 2.06. The molecule has 2 atom stereocenters. The highest BCUT2D eigenvalue weighted by atomic mass is 16.5. The molecule has 0 saturated heterocycles. The first-order valence-electron chi connectivity index (χ1n) is 7.25. The summed E-state index contributed by atoms with van der Waals surface area (Å²) in [4.78, 5) is 11.9. The highest BCUT2D eigenvalue weighted by Crippen LogP contribution is 2.19. The van der Waals surface area contributed by atoms with Crippen molar-refractivity contribution in [3.8, 4) is 5.75 Å². The topological polar surface area (TPSA) is 90.8 Å². The van der Waals surface area contributed by atoms with Gasteiger partial charge in [-0.3, -0.25) is 0 Å². The number of hydrogen-bond acceptors (Lipinski definition) is 4. The number of methoxy groups -OCH3 is 1. The Morgan fingerprint density at radius 1 is 1.32 bits per heavy atom. The first-order valence-corrected chi connectivity index (χ1v) is 7.25. The summed E-state index contributed by atoms with van der Waals surface area (Å²) in [6, 6.07) is 5.44. The Hall–Kier alpha value is -1.79. The van der Waals surface area contributed by atoms with Crippen molar-refractivity contribution in [2.45, 2.75) is 32.9 Å². The molecule has 0 fully saturated rings. The van der Waals surface area contributed by atoms with Crippen LogP contribution >= 0.6 is 0 Å². The minimum Gasteiger partial charge on any atom is -0.508 e. The van der Waals surface area contributed by atoms with E-state index in [2.05, 4.69) is 10.6 Å². The van der Waals surface area contributed by atoms with Crippen LogP contribution in [0.4, 0.5) is 4.79 Å². The number of aromatic hydroxyl groups is 1. The summed E-state index contributed by atoms with van der Waals surface area (Å²) in [5.74, 6) is 0.134. The van der Waals surface area contributed by atoms with Gasteiger partial charge in [-0.2, -0.15) is 0 Å². The average Bonchev–Trinajstić information content (AvgIpc) is 2.45. The Morgan fingerprint density at radius 2 is 1.91 bits per heavy atom. The molecule has 22 heavy (non-hydrogen) atoms. The molecule has 0 heterocycles. The van der Waals surface area contributed by atoms with Crippen molar-refractivity contribution in [3.63, 3.8) is 0 Å². The van der Waals surface area contributed by atoms with Gasteiger partial charge < -0.3 is 25.6 Å². The Kier molecular flexibility index (Phi) is 6.64. The molecule has 0 aromatic heterocycles. The monoisotopic (exact) mass is 310 g/mol. The van der Waals surface area contributed by atoms with Crippen molar-refractivity contribution in [1.29, 1.82) is 0 Å². The summed E-state index contributed by atoms with van der Waals surface area (Å²) in [7, 11) is 1.62. The van der Waals surface area contributed by atoms with Crippen LogP contribution in [-0.2, 0) is 4.74 Å². The molecule has 0 unspecified atom stereocenters. The minimum absolute atomic E-state index is 0.134. The summed E-state index contributed by atoms with van der Waals surface area (Å²) in [5, 5.41) is 24.9. The van der Waals surface area contributed by atoms with Gasteiger partial charge in [0.05, 0.1) is 18.8 Å². The van der Waals surface area contributed by atoms with E-state index in [1.165, 1.54) is 12.1 Å². The SMILES string of the molecule is COCC(C)(C)CNC(=O)N[C@H](C)[C@@H](O)c1ccc(O)cc1. The molecule has 4 N–H and O–H groups in total. The smallest absolute Gasteiger partial charge is 0.315 e. The largest absolute Gasteiger partial charge is 0.508 e. The Bertz CT molecular complexity index is 474. The lowest BCUT2D eigenvalue weighted by molar-refractivity contribution is 0.103. The summed E-state index contributed by atoms with van der Waals surface area (Å²) in [6.07, 6.45) is -0.849. The molecule has 0 saturated carbocycles. The fourth-order valence-electron chi connectivity index (χ4n) is 2.06. The molecule has 0 aliphatic heterocycles. The van der Waals surface area contributed by atoms with E-state index in [0.717, 1.165) is 0 Å². The first kappa shape index (κ1) is 18.3. The molecule has 2 amide bonds. The van der Waals surface area contributed by atoms with Crippen LogP contribution in [0.1, 0.15) is 32.4 Å². The summed E-state index contributed by atoms with van der Waals surface area (Å²) in [6.45, 7) is 6.71. The van der Waals surface area contributed by atoms with Crippen LogP contribution in [0.15, 0.2) is 24.3 Å². The third-order valence-corrected chi connectivity index (χ3v) is 3.33. The van der Waals surface area contributed by atoms with E-state index in [-0.39, 0.29) is 17.2 Å². The zero-order chi connectivity index (χ0) is 16.8. The molecule has 0 radical (unpaired) electrons. The number of aliphatic hydroxyl groups excluding tert-OH is 1. The van der Waals surface area contributed by atoms with Gasteiger partial charge in [-0.15, -0.1) is 0 Å². The van der Waals surface area contributed by atoms with Crippen molar-refractivity contribution < 1.29 is 19.7 Å². The molecule has 6 heteroatoms.